The minimum Gasteiger partial charge on any atom is -0.351 e. The third-order valence-corrected chi connectivity index (χ3v) is 9.43. The number of halogens is 2. The van der Waals surface area contributed by atoms with E-state index in [-0.39, 0.29) is 40.1 Å². The number of thiazole rings is 1. The number of carbonyl (C=O) groups is 1. The average molecular weight is 552 g/mol. The van der Waals surface area contributed by atoms with Gasteiger partial charge in [-0.25, -0.2) is 27.8 Å². The van der Waals surface area contributed by atoms with E-state index >= 15 is 4.39 Å². The van der Waals surface area contributed by atoms with Crippen LogP contribution in [0.15, 0.2) is 34.4 Å². The maximum Gasteiger partial charge on any atom is 0.223 e. The molecule has 2 N–H and O–H groups in total. The van der Waals surface area contributed by atoms with Gasteiger partial charge in [0.15, 0.2) is 19.6 Å². The molecule has 5 rings (SSSR count). The van der Waals surface area contributed by atoms with Gasteiger partial charge in [0, 0.05) is 30.1 Å². The van der Waals surface area contributed by atoms with Crippen LogP contribution in [0.1, 0.15) is 19.8 Å². The molecule has 3 heterocycles. The van der Waals surface area contributed by atoms with Crippen molar-refractivity contribution >= 4 is 54.6 Å². The number of anilines is 2. The number of nitrogens with zero attached hydrogens (tertiary/aromatic N) is 3. The molecular formula is C21H19BrFN5O3S2. The molecule has 2 aromatic heterocycles. The molecule has 1 amide bonds. The maximum atomic E-state index is 15.1. The molecule has 1 saturated heterocycles. The standard InChI is InChI=1S/C21H19BrFN5O3S2/c1-11(29)25-14-4-2-3-13(16(14)23)17-18(32-19(22)28-17)15-5-6-24-20(27-15)26-12-7-21(8-12)9-33(30,31)10-21/h2-6,12H,7-10H2,1H3,(H,25,29)(H,24,26,27). The maximum absolute atomic E-state index is 15.1. The van der Waals surface area contributed by atoms with Gasteiger partial charge >= 0.3 is 0 Å². The summed E-state index contributed by atoms with van der Waals surface area (Å²) in [5, 5.41) is 5.77. The van der Waals surface area contributed by atoms with Crippen LogP contribution in [-0.4, -0.2) is 46.8 Å². The van der Waals surface area contributed by atoms with Crippen LogP contribution in [0.4, 0.5) is 16.0 Å². The summed E-state index contributed by atoms with van der Waals surface area (Å²) in [6, 6.07) is 6.60. The van der Waals surface area contributed by atoms with E-state index in [1.54, 1.807) is 24.4 Å². The number of hydrogen-bond donors (Lipinski definition) is 2. The lowest BCUT2D eigenvalue weighted by Crippen LogP contribution is -2.60. The number of carbonyl (C=O) groups excluding carboxylic acids is 1. The van der Waals surface area contributed by atoms with E-state index in [9.17, 15) is 13.2 Å². The molecule has 33 heavy (non-hydrogen) atoms. The van der Waals surface area contributed by atoms with Crippen LogP contribution in [0.3, 0.4) is 0 Å². The molecule has 1 aliphatic heterocycles. The third kappa shape index (κ3) is 4.38. The van der Waals surface area contributed by atoms with E-state index in [0.29, 0.717) is 26.1 Å². The second-order valence-electron chi connectivity index (χ2n) is 8.54. The molecule has 0 radical (unpaired) electrons. The van der Waals surface area contributed by atoms with Crippen LogP contribution < -0.4 is 10.6 Å². The summed E-state index contributed by atoms with van der Waals surface area (Å²) in [4.78, 5) is 25.4. The molecule has 0 atom stereocenters. The Morgan fingerprint density at radius 2 is 2.00 bits per heavy atom. The highest BCUT2D eigenvalue weighted by molar-refractivity contribution is 9.11. The second kappa shape index (κ2) is 8.10. The fourth-order valence-corrected chi connectivity index (χ4v) is 8.29. The van der Waals surface area contributed by atoms with E-state index in [2.05, 4.69) is 41.5 Å². The fraction of sp³-hybridized carbons (Fsp3) is 0.333. The van der Waals surface area contributed by atoms with Crippen LogP contribution in [0.25, 0.3) is 21.8 Å². The molecule has 1 spiro atoms. The first kappa shape index (κ1) is 22.4. The minimum absolute atomic E-state index is 0.0806. The van der Waals surface area contributed by atoms with Crippen LogP contribution in [0, 0.1) is 11.2 Å². The Labute approximate surface area is 202 Å². The SMILES string of the molecule is CC(=O)Nc1cccc(-c2nc(Br)sc2-c2ccnc(NC3CC4(C3)CS(=O)(=O)C4)n2)c1F. The van der Waals surface area contributed by atoms with Gasteiger partial charge in [0.1, 0.15) is 0 Å². The molecule has 1 saturated carbocycles. The monoisotopic (exact) mass is 551 g/mol. The minimum atomic E-state index is -2.85. The molecule has 2 aliphatic rings. The zero-order valence-corrected chi connectivity index (χ0v) is 20.7. The molecule has 1 aliphatic carbocycles. The predicted octanol–water partition coefficient (Wildman–Crippen LogP) is 4.12. The van der Waals surface area contributed by atoms with Gasteiger partial charge in [-0.3, -0.25) is 4.79 Å². The topological polar surface area (TPSA) is 114 Å². The highest BCUT2D eigenvalue weighted by Crippen LogP contribution is 2.50. The molecule has 0 unspecified atom stereocenters. The molecule has 2 fully saturated rings. The first-order valence-electron chi connectivity index (χ1n) is 10.2. The number of aromatic nitrogens is 3. The smallest absolute Gasteiger partial charge is 0.223 e. The van der Waals surface area contributed by atoms with Crippen LogP contribution in [0.2, 0.25) is 0 Å². The molecule has 1 aromatic carbocycles. The van der Waals surface area contributed by atoms with Crippen molar-refractivity contribution in [1.29, 1.82) is 0 Å². The number of nitrogens with one attached hydrogen (secondary N) is 2. The van der Waals surface area contributed by atoms with E-state index in [1.165, 1.54) is 24.3 Å². The predicted molar refractivity (Wildman–Crippen MR) is 128 cm³/mol. The first-order valence-corrected chi connectivity index (χ1v) is 13.6. The Balaban J connectivity index is 1.40. The molecule has 12 heteroatoms. The molecular weight excluding hydrogens is 533 g/mol. The van der Waals surface area contributed by atoms with Gasteiger partial charge in [-0.15, -0.1) is 11.3 Å². The van der Waals surface area contributed by atoms with E-state index < -0.39 is 15.7 Å². The van der Waals surface area contributed by atoms with Crippen molar-refractivity contribution in [3.63, 3.8) is 0 Å². The van der Waals surface area contributed by atoms with Crippen molar-refractivity contribution < 1.29 is 17.6 Å². The van der Waals surface area contributed by atoms with Gasteiger partial charge in [-0.05, 0) is 47.0 Å². The second-order valence-corrected chi connectivity index (χ2v) is 12.9. The lowest BCUT2D eigenvalue weighted by atomic mass is 9.67. The first-order chi connectivity index (χ1) is 15.6. The highest BCUT2D eigenvalue weighted by Gasteiger charge is 2.56. The molecule has 172 valence electrons. The summed E-state index contributed by atoms with van der Waals surface area (Å²) in [5.41, 5.74) is 1.23. The summed E-state index contributed by atoms with van der Waals surface area (Å²) >= 11 is 4.70. The number of amides is 1. The Kier molecular flexibility index (Phi) is 5.49. The molecule has 0 bridgehead atoms. The van der Waals surface area contributed by atoms with Crippen molar-refractivity contribution in [2.75, 3.05) is 22.1 Å². The van der Waals surface area contributed by atoms with Crippen molar-refractivity contribution in [2.45, 2.75) is 25.8 Å². The van der Waals surface area contributed by atoms with E-state index in [1.807, 2.05) is 0 Å². The van der Waals surface area contributed by atoms with Gasteiger partial charge < -0.3 is 10.6 Å². The van der Waals surface area contributed by atoms with Gasteiger partial charge in [-0.2, -0.15) is 0 Å². The molecule has 3 aromatic rings. The summed E-state index contributed by atoms with van der Waals surface area (Å²) < 4.78 is 38.7. The van der Waals surface area contributed by atoms with Crippen molar-refractivity contribution in [3.8, 4) is 21.8 Å². The summed E-state index contributed by atoms with van der Waals surface area (Å²) in [7, 11) is -2.85. The van der Waals surface area contributed by atoms with Crippen molar-refractivity contribution in [1.82, 2.24) is 15.0 Å². The highest BCUT2D eigenvalue weighted by atomic mass is 79.9. The van der Waals surface area contributed by atoms with E-state index in [0.717, 1.165) is 12.8 Å². The van der Waals surface area contributed by atoms with Gasteiger partial charge in [0.2, 0.25) is 11.9 Å². The third-order valence-electron chi connectivity index (χ3n) is 5.80. The van der Waals surface area contributed by atoms with Crippen molar-refractivity contribution in [2.24, 2.45) is 5.41 Å². The Morgan fingerprint density at radius 1 is 1.24 bits per heavy atom. The zero-order chi connectivity index (χ0) is 23.4. The number of rotatable bonds is 5. The van der Waals surface area contributed by atoms with Crippen molar-refractivity contribution in [3.05, 3.63) is 40.2 Å². The normalized spacial score (nSPS) is 18.4. The fourth-order valence-electron chi connectivity index (χ4n) is 4.60. The van der Waals surface area contributed by atoms with Crippen LogP contribution in [0.5, 0.6) is 0 Å². The lowest BCUT2D eigenvalue weighted by Gasteiger charge is -2.53. The average Bonchev–Trinajstić information content (AvgIpc) is 3.08. The summed E-state index contributed by atoms with van der Waals surface area (Å²) in [6.07, 6.45) is 3.17. The largest absolute Gasteiger partial charge is 0.351 e. The number of sulfone groups is 1. The lowest BCUT2D eigenvalue weighted by molar-refractivity contribution is -0.114. The number of hydrogen-bond acceptors (Lipinski definition) is 8. The van der Waals surface area contributed by atoms with Crippen LogP contribution in [-0.2, 0) is 14.6 Å². The van der Waals surface area contributed by atoms with Gasteiger partial charge in [-0.1, -0.05) is 6.07 Å². The Morgan fingerprint density at radius 3 is 2.70 bits per heavy atom. The quantitative estimate of drug-likeness (QED) is 0.490. The molecule has 8 nitrogen and oxygen atoms in total. The van der Waals surface area contributed by atoms with Gasteiger partial charge in [0.25, 0.3) is 0 Å². The van der Waals surface area contributed by atoms with E-state index in [4.69, 9.17) is 0 Å². The summed E-state index contributed by atoms with van der Waals surface area (Å²) in [5.74, 6) is 0.0160. The zero-order valence-electron chi connectivity index (χ0n) is 17.4. The Bertz CT molecular complexity index is 1360. The summed E-state index contributed by atoms with van der Waals surface area (Å²) in [6.45, 7) is 1.32. The number of benzene rings is 1. The van der Waals surface area contributed by atoms with Crippen LogP contribution >= 0.6 is 27.3 Å². The van der Waals surface area contributed by atoms with Gasteiger partial charge in [0.05, 0.1) is 33.5 Å². The Hall–Kier alpha value is -2.44.